The van der Waals surface area contributed by atoms with Gasteiger partial charge in [-0.3, -0.25) is 19.3 Å². The Bertz CT molecular complexity index is 798. The summed E-state index contributed by atoms with van der Waals surface area (Å²) < 4.78 is 4.98. The molecule has 0 radical (unpaired) electrons. The van der Waals surface area contributed by atoms with Crippen molar-refractivity contribution in [2.75, 3.05) is 13.2 Å². The topological polar surface area (TPSA) is 76.6 Å². The van der Waals surface area contributed by atoms with Gasteiger partial charge in [0, 0.05) is 23.9 Å². The molecule has 130 valence electrons. The highest BCUT2D eigenvalue weighted by molar-refractivity contribution is 7.13. The predicted octanol–water partition coefficient (Wildman–Crippen LogP) is 2.35. The number of imide groups is 1. The van der Waals surface area contributed by atoms with Crippen LogP contribution in [0.3, 0.4) is 0 Å². The van der Waals surface area contributed by atoms with Crippen molar-refractivity contribution in [1.29, 1.82) is 0 Å². The summed E-state index contributed by atoms with van der Waals surface area (Å²) in [4.78, 5) is 40.8. The zero-order valence-electron chi connectivity index (χ0n) is 13.9. The number of hydrogen-bond donors (Lipinski definition) is 0. The monoisotopic (exact) mass is 358 g/mol. The number of esters is 1. The summed E-state index contributed by atoms with van der Waals surface area (Å²) in [5, 5.41) is 2.64. The lowest BCUT2D eigenvalue weighted by Crippen LogP contribution is -2.35. The molecule has 0 saturated carbocycles. The van der Waals surface area contributed by atoms with Crippen molar-refractivity contribution in [2.45, 2.75) is 26.2 Å². The molecule has 0 atom stereocenters. The lowest BCUT2D eigenvalue weighted by Gasteiger charge is -2.13. The zero-order chi connectivity index (χ0) is 17.8. The maximum Gasteiger partial charge on any atom is 0.312 e. The van der Waals surface area contributed by atoms with Gasteiger partial charge in [-0.1, -0.05) is 29.8 Å². The zero-order valence-corrected chi connectivity index (χ0v) is 14.7. The van der Waals surface area contributed by atoms with Gasteiger partial charge in [0.1, 0.15) is 5.01 Å². The summed E-state index contributed by atoms with van der Waals surface area (Å²) in [6.45, 7) is 2.02. The van der Waals surface area contributed by atoms with Gasteiger partial charge in [-0.25, -0.2) is 4.98 Å². The van der Waals surface area contributed by atoms with Crippen LogP contribution in [0.25, 0.3) is 10.6 Å². The number of aryl methyl sites for hydroxylation is 1. The van der Waals surface area contributed by atoms with Gasteiger partial charge in [0.15, 0.2) is 6.61 Å². The quantitative estimate of drug-likeness (QED) is 0.767. The van der Waals surface area contributed by atoms with Gasteiger partial charge < -0.3 is 4.74 Å². The van der Waals surface area contributed by atoms with E-state index in [1.54, 1.807) is 0 Å². The van der Waals surface area contributed by atoms with Crippen LogP contribution in [0.2, 0.25) is 0 Å². The van der Waals surface area contributed by atoms with Crippen LogP contribution in [-0.4, -0.2) is 40.8 Å². The van der Waals surface area contributed by atoms with Crippen LogP contribution < -0.4 is 0 Å². The fourth-order valence-electron chi connectivity index (χ4n) is 2.55. The largest absolute Gasteiger partial charge is 0.455 e. The minimum Gasteiger partial charge on any atom is -0.455 e. The smallest absolute Gasteiger partial charge is 0.312 e. The number of hydrogen-bond acceptors (Lipinski definition) is 6. The number of amides is 2. The van der Waals surface area contributed by atoms with E-state index in [4.69, 9.17) is 4.74 Å². The molecule has 2 amide bonds. The molecule has 0 bridgehead atoms. The van der Waals surface area contributed by atoms with Crippen molar-refractivity contribution in [3.8, 4) is 10.6 Å². The molecular formula is C18H18N2O4S. The van der Waals surface area contributed by atoms with Crippen molar-refractivity contribution in [1.82, 2.24) is 9.88 Å². The van der Waals surface area contributed by atoms with Crippen LogP contribution in [0.4, 0.5) is 0 Å². The Balaban J connectivity index is 1.52. The average Bonchev–Trinajstić information content (AvgIpc) is 3.22. The molecule has 6 nitrogen and oxygen atoms in total. The van der Waals surface area contributed by atoms with Crippen LogP contribution >= 0.6 is 11.3 Å². The first-order chi connectivity index (χ1) is 12.0. The number of rotatable bonds is 5. The number of carbonyl (C=O) groups excluding carboxylic acids is 3. The molecule has 1 aromatic carbocycles. The third kappa shape index (κ3) is 4.30. The molecule has 2 heterocycles. The Morgan fingerprint density at radius 3 is 2.72 bits per heavy atom. The summed E-state index contributed by atoms with van der Waals surface area (Å²) >= 11 is 1.46. The van der Waals surface area contributed by atoms with E-state index in [-0.39, 0.29) is 12.3 Å². The molecule has 0 N–H and O–H groups in total. The van der Waals surface area contributed by atoms with E-state index in [2.05, 4.69) is 4.98 Å². The van der Waals surface area contributed by atoms with Gasteiger partial charge in [-0.05, 0) is 13.3 Å². The second kappa shape index (κ2) is 7.57. The van der Waals surface area contributed by atoms with E-state index in [0.717, 1.165) is 15.5 Å². The molecule has 25 heavy (non-hydrogen) atoms. The Hall–Kier alpha value is -2.54. The van der Waals surface area contributed by atoms with Crippen LogP contribution in [0.5, 0.6) is 0 Å². The first kappa shape index (κ1) is 17.3. The summed E-state index contributed by atoms with van der Waals surface area (Å²) in [6.07, 6.45) is 1.04. The Kier molecular flexibility index (Phi) is 5.23. The number of carbonyl (C=O) groups is 3. The molecule has 7 heteroatoms. The molecule has 0 aliphatic carbocycles. The Morgan fingerprint density at radius 1 is 1.28 bits per heavy atom. The normalized spacial score (nSPS) is 14.0. The van der Waals surface area contributed by atoms with E-state index >= 15 is 0 Å². The molecule has 1 aromatic heterocycles. The Labute approximate surface area is 149 Å². The molecule has 0 unspecified atom stereocenters. The second-order valence-electron chi connectivity index (χ2n) is 5.89. The fourth-order valence-corrected chi connectivity index (χ4v) is 3.37. The SMILES string of the molecule is Cc1ccc(-c2nc(CC(=O)OCC(=O)N3CCCC3=O)cs2)cc1. The van der Waals surface area contributed by atoms with Gasteiger partial charge in [-0.15, -0.1) is 11.3 Å². The van der Waals surface area contributed by atoms with E-state index in [1.165, 1.54) is 16.9 Å². The third-order valence-electron chi connectivity index (χ3n) is 3.91. The van der Waals surface area contributed by atoms with Gasteiger partial charge in [-0.2, -0.15) is 0 Å². The van der Waals surface area contributed by atoms with Crippen molar-refractivity contribution in [3.63, 3.8) is 0 Å². The van der Waals surface area contributed by atoms with Crippen molar-refractivity contribution >= 4 is 29.1 Å². The number of benzene rings is 1. The predicted molar refractivity (Wildman–Crippen MR) is 92.9 cm³/mol. The van der Waals surface area contributed by atoms with Gasteiger partial charge >= 0.3 is 5.97 Å². The van der Waals surface area contributed by atoms with E-state index in [0.29, 0.717) is 25.1 Å². The highest BCUT2D eigenvalue weighted by atomic mass is 32.1. The fraction of sp³-hybridized carbons (Fsp3) is 0.333. The van der Waals surface area contributed by atoms with Crippen LogP contribution in [0.15, 0.2) is 29.6 Å². The Morgan fingerprint density at radius 2 is 2.04 bits per heavy atom. The number of aromatic nitrogens is 1. The van der Waals surface area contributed by atoms with Crippen molar-refractivity contribution in [2.24, 2.45) is 0 Å². The number of ether oxygens (including phenoxy) is 1. The number of thiazole rings is 1. The van der Waals surface area contributed by atoms with Gasteiger partial charge in [0.25, 0.3) is 5.91 Å². The summed E-state index contributed by atoms with van der Waals surface area (Å²) in [6, 6.07) is 8.00. The molecule has 1 fully saturated rings. The molecular weight excluding hydrogens is 340 g/mol. The average molecular weight is 358 g/mol. The van der Waals surface area contributed by atoms with Gasteiger partial charge in [0.2, 0.25) is 5.91 Å². The van der Waals surface area contributed by atoms with Crippen molar-refractivity contribution < 1.29 is 19.1 Å². The highest BCUT2D eigenvalue weighted by Crippen LogP contribution is 2.24. The maximum atomic E-state index is 11.9. The summed E-state index contributed by atoms with van der Waals surface area (Å²) in [5.74, 6) is -1.20. The van der Waals surface area contributed by atoms with E-state index in [9.17, 15) is 14.4 Å². The summed E-state index contributed by atoms with van der Waals surface area (Å²) in [7, 11) is 0. The van der Waals surface area contributed by atoms with Crippen molar-refractivity contribution in [3.05, 3.63) is 40.9 Å². The first-order valence-corrected chi connectivity index (χ1v) is 8.91. The molecule has 1 aliphatic heterocycles. The second-order valence-corrected chi connectivity index (χ2v) is 6.75. The molecule has 1 saturated heterocycles. The standard InChI is InChI=1S/C18H18N2O4S/c1-12-4-6-13(7-5-12)18-19-14(11-25-18)9-17(23)24-10-16(22)20-8-2-3-15(20)21/h4-7,11H,2-3,8-10H2,1H3. The molecule has 2 aromatic rings. The third-order valence-corrected chi connectivity index (χ3v) is 4.85. The summed E-state index contributed by atoms with van der Waals surface area (Å²) in [5.41, 5.74) is 2.78. The first-order valence-electron chi connectivity index (χ1n) is 8.03. The minimum atomic E-state index is -0.527. The van der Waals surface area contributed by atoms with Crippen LogP contribution in [-0.2, 0) is 25.5 Å². The highest BCUT2D eigenvalue weighted by Gasteiger charge is 2.27. The molecule has 1 aliphatic rings. The van der Waals surface area contributed by atoms with Crippen LogP contribution in [0, 0.1) is 6.92 Å². The van der Waals surface area contributed by atoms with Gasteiger partial charge in [0.05, 0.1) is 12.1 Å². The minimum absolute atomic E-state index is 0.00356. The maximum absolute atomic E-state index is 11.9. The number of nitrogens with zero attached hydrogens (tertiary/aromatic N) is 2. The van der Waals surface area contributed by atoms with Crippen LogP contribution in [0.1, 0.15) is 24.1 Å². The van der Waals surface area contributed by atoms with E-state index in [1.807, 2.05) is 36.6 Å². The lowest BCUT2D eigenvalue weighted by atomic mass is 10.2. The molecule has 3 rings (SSSR count). The van der Waals surface area contributed by atoms with E-state index < -0.39 is 18.5 Å². The molecule has 0 spiro atoms. The lowest BCUT2D eigenvalue weighted by molar-refractivity contribution is -0.154. The number of likely N-dealkylation sites (tertiary alicyclic amines) is 1.